The van der Waals surface area contributed by atoms with Gasteiger partial charge in [0.1, 0.15) is 0 Å². The summed E-state index contributed by atoms with van der Waals surface area (Å²) in [6.07, 6.45) is -4.48. The molecule has 148 valence electrons. The second kappa shape index (κ2) is 6.62. The first-order chi connectivity index (χ1) is 13.7. The summed E-state index contributed by atoms with van der Waals surface area (Å²) >= 11 is 0. The summed E-state index contributed by atoms with van der Waals surface area (Å²) in [4.78, 5) is 25.7. The van der Waals surface area contributed by atoms with E-state index in [1.165, 1.54) is 19.2 Å². The fourth-order valence-corrected chi connectivity index (χ4v) is 3.91. The van der Waals surface area contributed by atoms with Gasteiger partial charge in [0.05, 0.1) is 23.9 Å². The molecule has 0 bridgehead atoms. The number of esters is 1. The Balaban J connectivity index is 1.90. The standard InChI is InChI=1S/C22H16F3NO3/c1-11-16(21(28)29-2)17(12-7-9-13(10-8-12)22(23,24)25)18-19(26-11)14-5-3-4-6-15(14)20(18)27/h3-10,17,26H,1-2H3. The molecule has 7 heteroatoms. The fraction of sp³-hybridized carbons (Fsp3) is 0.182. The zero-order valence-electron chi connectivity index (χ0n) is 15.6. The summed E-state index contributed by atoms with van der Waals surface area (Å²) in [5, 5.41) is 3.12. The van der Waals surface area contributed by atoms with E-state index in [2.05, 4.69) is 5.32 Å². The molecule has 1 atom stereocenters. The van der Waals surface area contributed by atoms with Gasteiger partial charge in [-0.3, -0.25) is 4.79 Å². The number of rotatable bonds is 2. The van der Waals surface area contributed by atoms with Gasteiger partial charge in [0, 0.05) is 28.3 Å². The van der Waals surface area contributed by atoms with Gasteiger partial charge >= 0.3 is 12.1 Å². The highest BCUT2D eigenvalue weighted by molar-refractivity contribution is 6.23. The molecule has 1 unspecified atom stereocenters. The van der Waals surface area contributed by atoms with Crippen molar-refractivity contribution in [1.29, 1.82) is 0 Å². The number of carbonyl (C=O) groups excluding carboxylic acids is 2. The summed E-state index contributed by atoms with van der Waals surface area (Å²) in [7, 11) is 1.22. The van der Waals surface area contributed by atoms with Crippen LogP contribution in [0.3, 0.4) is 0 Å². The number of hydrogen-bond donors (Lipinski definition) is 1. The summed E-state index contributed by atoms with van der Waals surface area (Å²) in [5.41, 5.74) is 2.39. The molecule has 0 aromatic heterocycles. The third-order valence-corrected chi connectivity index (χ3v) is 5.23. The molecule has 4 nitrogen and oxygen atoms in total. The number of hydrogen-bond acceptors (Lipinski definition) is 4. The number of methoxy groups -OCH3 is 1. The number of nitrogens with one attached hydrogen (secondary N) is 1. The lowest BCUT2D eigenvalue weighted by atomic mass is 9.79. The molecule has 0 radical (unpaired) electrons. The maximum atomic E-state index is 13.2. The molecule has 2 aromatic carbocycles. The van der Waals surface area contributed by atoms with E-state index in [4.69, 9.17) is 4.74 Å². The van der Waals surface area contributed by atoms with Crippen molar-refractivity contribution < 1.29 is 27.5 Å². The molecule has 0 fully saturated rings. The number of allylic oxidation sites excluding steroid dienone is 2. The number of ether oxygens (including phenoxy) is 1. The lowest BCUT2D eigenvalue weighted by Gasteiger charge is -2.29. The minimum atomic E-state index is -4.48. The van der Waals surface area contributed by atoms with Gasteiger partial charge in [-0.1, -0.05) is 36.4 Å². The largest absolute Gasteiger partial charge is 0.466 e. The van der Waals surface area contributed by atoms with Gasteiger partial charge in [0.2, 0.25) is 0 Å². The molecule has 4 rings (SSSR count). The number of dihydropyridines is 1. The zero-order chi connectivity index (χ0) is 20.9. The van der Waals surface area contributed by atoms with Gasteiger partial charge in [-0.05, 0) is 24.6 Å². The highest BCUT2D eigenvalue weighted by atomic mass is 19.4. The fourth-order valence-electron chi connectivity index (χ4n) is 3.91. The quantitative estimate of drug-likeness (QED) is 0.759. The molecular weight excluding hydrogens is 383 g/mol. The monoisotopic (exact) mass is 399 g/mol. The smallest absolute Gasteiger partial charge is 0.416 e. The van der Waals surface area contributed by atoms with Crippen LogP contribution in [0.2, 0.25) is 0 Å². The molecule has 1 aliphatic carbocycles. The highest BCUT2D eigenvalue weighted by Crippen LogP contribution is 2.47. The predicted octanol–water partition coefficient (Wildman–Crippen LogP) is 4.45. The Morgan fingerprint density at radius 2 is 1.66 bits per heavy atom. The van der Waals surface area contributed by atoms with Crippen LogP contribution >= 0.6 is 0 Å². The Kier molecular flexibility index (Phi) is 4.33. The maximum Gasteiger partial charge on any atom is 0.416 e. The minimum absolute atomic E-state index is 0.201. The van der Waals surface area contributed by atoms with Crippen LogP contribution in [0, 0.1) is 0 Å². The van der Waals surface area contributed by atoms with Crippen molar-refractivity contribution in [3.8, 4) is 0 Å². The summed E-state index contributed by atoms with van der Waals surface area (Å²) in [5.74, 6) is -1.74. The molecule has 2 aliphatic rings. The summed E-state index contributed by atoms with van der Waals surface area (Å²) in [6, 6.07) is 11.5. The lowest BCUT2D eigenvalue weighted by Crippen LogP contribution is -2.29. The number of benzene rings is 2. The van der Waals surface area contributed by atoms with E-state index < -0.39 is 23.6 Å². The number of halogens is 3. The second-order valence-corrected chi connectivity index (χ2v) is 6.87. The first-order valence-corrected chi connectivity index (χ1v) is 8.85. The van der Waals surface area contributed by atoms with Crippen molar-refractivity contribution in [2.75, 3.05) is 7.11 Å². The Bertz CT molecular complexity index is 1100. The van der Waals surface area contributed by atoms with Gasteiger partial charge < -0.3 is 10.1 Å². The molecular formula is C22H16F3NO3. The molecule has 1 heterocycles. The second-order valence-electron chi connectivity index (χ2n) is 6.87. The van der Waals surface area contributed by atoms with Crippen LogP contribution in [0.1, 0.15) is 39.9 Å². The zero-order valence-corrected chi connectivity index (χ0v) is 15.6. The van der Waals surface area contributed by atoms with Crippen molar-refractivity contribution in [2.45, 2.75) is 19.0 Å². The van der Waals surface area contributed by atoms with Crippen LogP contribution in [-0.2, 0) is 15.7 Å². The number of alkyl halides is 3. The van der Waals surface area contributed by atoms with Crippen molar-refractivity contribution >= 4 is 17.4 Å². The number of ketones is 1. The highest BCUT2D eigenvalue weighted by Gasteiger charge is 2.43. The molecule has 1 N–H and O–H groups in total. The average molecular weight is 399 g/mol. The molecule has 0 saturated carbocycles. The van der Waals surface area contributed by atoms with Crippen molar-refractivity contribution in [1.82, 2.24) is 5.32 Å². The molecule has 0 saturated heterocycles. The normalized spacial score (nSPS) is 18.4. The van der Waals surface area contributed by atoms with Gasteiger partial charge in [-0.2, -0.15) is 13.2 Å². The van der Waals surface area contributed by atoms with Gasteiger partial charge in [-0.25, -0.2) is 4.79 Å². The van der Waals surface area contributed by atoms with Gasteiger partial charge in [0.25, 0.3) is 0 Å². The van der Waals surface area contributed by atoms with Crippen LogP contribution < -0.4 is 5.32 Å². The van der Waals surface area contributed by atoms with E-state index in [9.17, 15) is 22.8 Å². The van der Waals surface area contributed by atoms with Gasteiger partial charge in [0.15, 0.2) is 5.78 Å². The Morgan fingerprint density at radius 1 is 1.03 bits per heavy atom. The maximum absolute atomic E-state index is 13.2. The summed E-state index contributed by atoms with van der Waals surface area (Å²) < 4.78 is 43.8. The first kappa shape index (κ1) is 19.0. The minimum Gasteiger partial charge on any atom is -0.466 e. The van der Waals surface area contributed by atoms with E-state index in [1.807, 2.05) is 0 Å². The molecule has 0 spiro atoms. The third kappa shape index (κ3) is 2.93. The number of carbonyl (C=O) groups is 2. The Labute approximate surface area is 164 Å². The van der Waals surface area contributed by atoms with Crippen LogP contribution in [-0.4, -0.2) is 18.9 Å². The Morgan fingerprint density at radius 3 is 2.24 bits per heavy atom. The molecule has 29 heavy (non-hydrogen) atoms. The number of fused-ring (bicyclic) bond motifs is 2. The SMILES string of the molecule is COC(=O)C1=C(C)NC2=C(C(=O)c3ccccc32)C1c1ccc(C(F)(F)F)cc1. The topological polar surface area (TPSA) is 55.4 Å². The summed E-state index contributed by atoms with van der Waals surface area (Å²) in [6.45, 7) is 1.68. The first-order valence-electron chi connectivity index (χ1n) is 8.85. The van der Waals surface area contributed by atoms with E-state index in [1.54, 1.807) is 31.2 Å². The number of Topliss-reactive ketones (excluding diaryl/α,β-unsaturated/α-hetero) is 1. The van der Waals surface area contributed by atoms with E-state index in [0.717, 1.165) is 12.1 Å². The van der Waals surface area contributed by atoms with Crippen LogP contribution in [0.25, 0.3) is 5.70 Å². The van der Waals surface area contributed by atoms with Crippen molar-refractivity contribution in [2.24, 2.45) is 0 Å². The van der Waals surface area contributed by atoms with E-state index in [0.29, 0.717) is 33.7 Å². The third-order valence-electron chi connectivity index (χ3n) is 5.23. The lowest BCUT2D eigenvalue weighted by molar-refractivity contribution is -0.138. The van der Waals surface area contributed by atoms with Crippen molar-refractivity contribution in [3.63, 3.8) is 0 Å². The molecule has 2 aromatic rings. The molecule has 1 aliphatic heterocycles. The van der Waals surface area contributed by atoms with Crippen LogP contribution in [0.4, 0.5) is 13.2 Å². The van der Waals surface area contributed by atoms with E-state index in [-0.39, 0.29) is 11.4 Å². The predicted molar refractivity (Wildman–Crippen MR) is 99.7 cm³/mol. The van der Waals surface area contributed by atoms with E-state index >= 15 is 0 Å². The van der Waals surface area contributed by atoms with Crippen molar-refractivity contribution in [3.05, 3.63) is 87.6 Å². The Hall–Kier alpha value is -3.35. The average Bonchev–Trinajstić information content (AvgIpc) is 2.98. The van der Waals surface area contributed by atoms with Crippen LogP contribution in [0.5, 0.6) is 0 Å². The van der Waals surface area contributed by atoms with Crippen LogP contribution in [0.15, 0.2) is 65.4 Å². The van der Waals surface area contributed by atoms with Gasteiger partial charge in [-0.15, -0.1) is 0 Å². The molecule has 0 amide bonds.